The van der Waals surface area contributed by atoms with Crippen molar-refractivity contribution in [3.8, 4) is 0 Å². The maximum Gasteiger partial charge on any atom is 0.229 e. The predicted molar refractivity (Wildman–Crippen MR) is 89.5 cm³/mol. The van der Waals surface area contributed by atoms with Crippen molar-refractivity contribution in [1.29, 1.82) is 0 Å². The van der Waals surface area contributed by atoms with E-state index >= 15 is 0 Å². The molecule has 0 saturated carbocycles. The van der Waals surface area contributed by atoms with Gasteiger partial charge in [0, 0.05) is 37.3 Å². The van der Waals surface area contributed by atoms with E-state index in [0.717, 1.165) is 26.2 Å². The number of hydrogen-bond acceptors (Lipinski definition) is 5. The van der Waals surface area contributed by atoms with Gasteiger partial charge in [0.25, 0.3) is 0 Å². The largest absolute Gasteiger partial charge is 0.455 e. The molecule has 0 radical (unpaired) electrons. The van der Waals surface area contributed by atoms with Crippen LogP contribution in [-0.4, -0.2) is 54.6 Å². The van der Waals surface area contributed by atoms with Gasteiger partial charge in [0.05, 0.1) is 11.6 Å². The quantitative estimate of drug-likeness (QED) is 0.724. The first kappa shape index (κ1) is 15.3. The van der Waals surface area contributed by atoms with Gasteiger partial charge in [-0.15, -0.1) is 0 Å². The smallest absolute Gasteiger partial charge is 0.229 e. The lowest BCUT2D eigenvalue weighted by molar-refractivity contribution is 0.0942. The molecule has 1 fully saturated rings. The van der Waals surface area contributed by atoms with Gasteiger partial charge in [-0.2, -0.15) is 0 Å². The Morgan fingerprint density at radius 3 is 2.25 bits per heavy atom. The van der Waals surface area contributed by atoms with E-state index in [1.54, 1.807) is 30.3 Å². The van der Waals surface area contributed by atoms with Crippen molar-refractivity contribution in [2.24, 2.45) is 0 Å². The molecule has 2 heterocycles. The van der Waals surface area contributed by atoms with Gasteiger partial charge in [-0.3, -0.25) is 14.5 Å². The Kier molecular flexibility index (Phi) is 3.62. The van der Waals surface area contributed by atoms with Gasteiger partial charge in [0.15, 0.2) is 11.5 Å². The van der Waals surface area contributed by atoms with Crippen molar-refractivity contribution in [2.45, 2.75) is 13.0 Å². The van der Waals surface area contributed by atoms with E-state index in [-0.39, 0.29) is 23.4 Å². The lowest BCUT2D eigenvalue weighted by Gasteiger charge is -2.35. The zero-order valence-corrected chi connectivity index (χ0v) is 13.9. The summed E-state index contributed by atoms with van der Waals surface area (Å²) in [6.07, 6.45) is 0. The van der Waals surface area contributed by atoms with Gasteiger partial charge in [-0.25, -0.2) is 0 Å². The van der Waals surface area contributed by atoms with E-state index in [1.165, 1.54) is 0 Å². The second kappa shape index (κ2) is 5.69. The SMILES string of the molecule is CC(c1cc2c(o1)C(=O)c1ccccc1C2=O)N1CCN(C)CC1. The summed E-state index contributed by atoms with van der Waals surface area (Å²) in [5.74, 6) is 0.562. The molecule has 1 aromatic heterocycles. The molecule has 2 aliphatic rings. The minimum Gasteiger partial charge on any atom is -0.455 e. The molecule has 5 heteroatoms. The van der Waals surface area contributed by atoms with Crippen molar-refractivity contribution in [2.75, 3.05) is 33.2 Å². The number of fused-ring (bicyclic) bond motifs is 2. The summed E-state index contributed by atoms with van der Waals surface area (Å²) >= 11 is 0. The number of hydrogen-bond donors (Lipinski definition) is 0. The van der Waals surface area contributed by atoms with Crippen LogP contribution >= 0.6 is 0 Å². The molecule has 1 aliphatic carbocycles. The molecule has 0 amide bonds. The monoisotopic (exact) mass is 324 g/mol. The Hall–Kier alpha value is -2.24. The van der Waals surface area contributed by atoms with Crippen molar-refractivity contribution in [1.82, 2.24) is 9.80 Å². The van der Waals surface area contributed by atoms with Gasteiger partial charge in [-0.1, -0.05) is 24.3 Å². The number of ketones is 2. The minimum atomic E-state index is -0.197. The highest BCUT2D eigenvalue weighted by Gasteiger charge is 2.35. The Morgan fingerprint density at radius 1 is 0.958 bits per heavy atom. The molecule has 1 aromatic carbocycles. The molecule has 5 nitrogen and oxygen atoms in total. The Bertz CT molecular complexity index is 763. The summed E-state index contributed by atoms with van der Waals surface area (Å²) in [5.41, 5.74) is 1.30. The second-order valence-corrected chi connectivity index (χ2v) is 6.61. The van der Waals surface area contributed by atoms with Crippen LogP contribution in [0.5, 0.6) is 0 Å². The van der Waals surface area contributed by atoms with Crippen LogP contribution in [-0.2, 0) is 0 Å². The van der Waals surface area contributed by atoms with Crippen LogP contribution in [0.2, 0.25) is 0 Å². The predicted octanol–water partition coefficient (Wildman–Crippen LogP) is 2.36. The fourth-order valence-corrected chi connectivity index (χ4v) is 3.49. The number of carbonyl (C=O) groups excluding carboxylic acids is 2. The summed E-state index contributed by atoms with van der Waals surface area (Å²) in [4.78, 5) is 29.9. The normalized spacial score (nSPS) is 19.9. The lowest BCUT2D eigenvalue weighted by atomic mass is 9.88. The van der Waals surface area contributed by atoms with Gasteiger partial charge < -0.3 is 9.32 Å². The van der Waals surface area contributed by atoms with Crippen LogP contribution < -0.4 is 0 Å². The van der Waals surface area contributed by atoms with Gasteiger partial charge in [-0.05, 0) is 20.0 Å². The molecule has 124 valence electrons. The zero-order valence-electron chi connectivity index (χ0n) is 13.9. The van der Waals surface area contributed by atoms with Crippen molar-refractivity contribution in [3.05, 3.63) is 58.5 Å². The molecule has 0 spiro atoms. The van der Waals surface area contributed by atoms with Crippen LogP contribution in [0.4, 0.5) is 0 Å². The van der Waals surface area contributed by atoms with Crippen LogP contribution in [0.15, 0.2) is 34.7 Å². The Morgan fingerprint density at radius 2 is 1.58 bits per heavy atom. The summed E-state index contributed by atoms with van der Waals surface area (Å²) in [6, 6.07) is 8.75. The molecule has 1 saturated heterocycles. The first-order valence-electron chi connectivity index (χ1n) is 8.31. The van der Waals surface area contributed by atoms with E-state index in [1.807, 2.05) is 0 Å². The van der Waals surface area contributed by atoms with Crippen LogP contribution in [0.1, 0.15) is 50.8 Å². The molecule has 0 N–H and O–H groups in total. The fourth-order valence-electron chi connectivity index (χ4n) is 3.49. The van der Waals surface area contributed by atoms with Crippen LogP contribution in [0.3, 0.4) is 0 Å². The molecule has 0 bridgehead atoms. The Labute approximate surface area is 140 Å². The van der Waals surface area contributed by atoms with Crippen LogP contribution in [0.25, 0.3) is 0 Å². The molecular weight excluding hydrogens is 304 g/mol. The number of piperazine rings is 1. The molecule has 1 aliphatic heterocycles. The maximum absolute atomic E-state index is 12.7. The topological polar surface area (TPSA) is 53.8 Å². The molecule has 2 aromatic rings. The maximum atomic E-state index is 12.7. The van der Waals surface area contributed by atoms with Crippen LogP contribution in [0, 0.1) is 0 Å². The third-order valence-electron chi connectivity index (χ3n) is 5.12. The minimum absolute atomic E-state index is 0.0491. The second-order valence-electron chi connectivity index (χ2n) is 6.61. The van der Waals surface area contributed by atoms with Crippen molar-refractivity contribution in [3.63, 3.8) is 0 Å². The number of furan rings is 1. The first-order chi connectivity index (χ1) is 11.6. The molecule has 1 unspecified atom stereocenters. The molecular formula is C19H20N2O3. The first-order valence-corrected chi connectivity index (χ1v) is 8.31. The van der Waals surface area contributed by atoms with Gasteiger partial charge in [0.1, 0.15) is 5.76 Å². The molecule has 4 rings (SSSR count). The lowest BCUT2D eigenvalue weighted by Crippen LogP contribution is -2.45. The standard InChI is InChI=1S/C19H20N2O3/c1-12(21-9-7-20(2)8-10-21)16-11-15-17(22)13-5-3-4-6-14(13)18(23)19(15)24-16/h3-6,11-12H,7-10H2,1-2H3. The fraction of sp³-hybridized carbons (Fsp3) is 0.368. The van der Waals surface area contributed by atoms with E-state index in [9.17, 15) is 9.59 Å². The third kappa shape index (κ3) is 2.32. The van der Waals surface area contributed by atoms with E-state index in [0.29, 0.717) is 22.5 Å². The van der Waals surface area contributed by atoms with Gasteiger partial charge >= 0.3 is 0 Å². The van der Waals surface area contributed by atoms with E-state index in [4.69, 9.17) is 4.42 Å². The van der Waals surface area contributed by atoms with Crippen molar-refractivity contribution < 1.29 is 14.0 Å². The van der Waals surface area contributed by atoms with E-state index in [2.05, 4.69) is 23.8 Å². The van der Waals surface area contributed by atoms with E-state index < -0.39 is 0 Å². The highest BCUT2D eigenvalue weighted by molar-refractivity contribution is 6.27. The highest BCUT2D eigenvalue weighted by Crippen LogP contribution is 2.33. The number of benzene rings is 1. The zero-order chi connectivity index (χ0) is 16.8. The number of nitrogens with zero attached hydrogens (tertiary/aromatic N) is 2. The average molecular weight is 324 g/mol. The Balaban J connectivity index is 1.67. The van der Waals surface area contributed by atoms with Gasteiger partial charge in [0.2, 0.25) is 5.78 Å². The number of rotatable bonds is 2. The molecule has 24 heavy (non-hydrogen) atoms. The molecule has 1 atom stereocenters. The number of carbonyl (C=O) groups is 2. The summed E-state index contributed by atoms with van der Waals surface area (Å²) < 4.78 is 5.86. The third-order valence-corrected chi connectivity index (χ3v) is 5.12. The average Bonchev–Trinajstić information content (AvgIpc) is 3.05. The summed E-state index contributed by atoms with van der Waals surface area (Å²) in [6.45, 7) is 5.98. The number of likely N-dealkylation sites (N-methyl/N-ethyl adjacent to an activating group) is 1. The van der Waals surface area contributed by atoms with Crippen molar-refractivity contribution >= 4 is 11.6 Å². The highest BCUT2D eigenvalue weighted by atomic mass is 16.4. The summed E-state index contributed by atoms with van der Waals surface area (Å²) in [5, 5.41) is 0. The summed E-state index contributed by atoms with van der Waals surface area (Å²) in [7, 11) is 2.11.